The van der Waals surface area contributed by atoms with Gasteiger partial charge in [0.1, 0.15) is 6.61 Å². The van der Waals surface area contributed by atoms with Crippen molar-refractivity contribution in [1.29, 1.82) is 0 Å². The van der Waals surface area contributed by atoms with Gasteiger partial charge in [0, 0.05) is 10.7 Å². The van der Waals surface area contributed by atoms with Crippen molar-refractivity contribution in [3.05, 3.63) is 87.9 Å². The number of hydrazone groups is 1. The third-order valence-electron chi connectivity index (χ3n) is 4.77. The monoisotopic (exact) mass is 479 g/mol. The SMILES string of the molecule is CCOc1cc(/C=N/NC(=O)C(=O)Nc2ccc(C)cc2C)ccc1OCc1cccc(Cl)c1. The zero-order valence-corrected chi connectivity index (χ0v) is 20.0. The quantitative estimate of drug-likeness (QED) is 0.269. The Kier molecular flexibility index (Phi) is 8.65. The highest BCUT2D eigenvalue weighted by Gasteiger charge is 2.14. The van der Waals surface area contributed by atoms with E-state index < -0.39 is 11.8 Å². The molecule has 34 heavy (non-hydrogen) atoms. The van der Waals surface area contributed by atoms with Gasteiger partial charge in [0.05, 0.1) is 12.8 Å². The topological polar surface area (TPSA) is 89.0 Å². The molecule has 3 aromatic carbocycles. The number of amides is 2. The average Bonchev–Trinajstić information content (AvgIpc) is 2.80. The molecule has 3 aromatic rings. The van der Waals surface area contributed by atoms with Crippen molar-refractivity contribution in [3.63, 3.8) is 0 Å². The summed E-state index contributed by atoms with van der Waals surface area (Å²) in [6.45, 7) is 6.46. The molecule has 8 heteroatoms. The van der Waals surface area contributed by atoms with Crippen LogP contribution in [0, 0.1) is 13.8 Å². The lowest BCUT2D eigenvalue weighted by molar-refractivity contribution is -0.136. The van der Waals surface area contributed by atoms with E-state index in [1.165, 1.54) is 6.21 Å². The summed E-state index contributed by atoms with van der Waals surface area (Å²) in [4.78, 5) is 24.2. The van der Waals surface area contributed by atoms with Gasteiger partial charge in [0.25, 0.3) is 0 Å². The number of rotatable bonds is 8. The molecule has 7 nitrogen and oxygen atoms in total. The van der Waals surface area contributed by atoms with Crippen LogP contribution in [0.25, 0.3) is 0 Å². The van der Waals surface area contributed by atoms with Gasteiger partial charge in [-0.2, -0.15) is 5.10 Å². The Bertz CT molecular complexity index is 1210. The minimum Gasteiger partial charge on any atom is -0.490 e. The molecule has 3 rings (SSSR count). The first kappa shape index (κ1) is 24.8. The molecule has 0 saturated heterocycles. The second kappa shape index (κ2) is 11.9. The zero-order valence-electron chi connectivity index (χ0n) is 19.2. The van der Waals surface area contributed by atoms with Crippen LogP contribution in [0.2, 0.25) is 5.02 Å². The largest absolute Gasteiger partial charge is 0.490 e. The van der Waals surface area contributed by atoms with Gasteiger partial charge < -0.3 is 14.8 Å². The zero-order chi connectivity index (χ0) is 24.5. The molecule has 0 heterocycles. The number of nitrogens with one attached hydrogen (secondary N) is 2. The van der Waals surface area contributed by atoms with Crippen molar-refractivity contribution in [2.45, 2.75) is 27.4 Å². The van der Waals surface area contributed by atoms with Crippen LogP contribution in [-0.4, -0.2) is 24.6 Å². The Morgan fingerprint density at radius 1 is 0.971 bits per heavy atom. The van der Waals surface area contributed by atoms with Crippen molar-refractivity contribution in [2.75, 3.05) is 11.9 Å². The third kappa shape index (κ3) is 7.08. The van der Waals surface area contributed by atoms with Crippen molar-refractivity contribution < 1.29 is 19.1 Å². The molecule has 0 radical (unpaired) electrons. The highest BCUT2D eigenvalue weighted by atomic mass is 35.5. The molecule has 0 aliphatic rings. The van der Waals surface area contributed by atoms with E-state index in [9.17, 15) is 9.59 Å². The summed E-state index contributed by atoms with van der Waals surface area (Å²) in [7, 11) is 0. The molecule has 0 unspecified atom stereocenters. The van der Waals surface area contributed by atoms with Crippen LogP contribution in [0.4, 0.5) is 5.69 Å². The first-order valence-electron chi connectivity index (χ1n) is 10.7. The lowest BCUT2D eigenvalue weighted by atomic mass is 10.1. The van der Waals surface area contributed by atoms with Crippen LogP contribution in [-0.2, 0) is 16.2 Å². The molecule has 2 N–H and O–H groups in total. The fraction of sp³-hybridized carbons (Fsp3) is 0.192. The molecular formula is C26H26ClN3O4. The predicted octanol–water partition coefficient (Wildman–Crippen LogP) is 5.02. The maximum absolute atomic E-state index is 12.1. The number of aryl methyl sites for hydroxylation is 2. The highest BCUT2D eigenvalue weighted by Crippen LogP contribution is 2.29. The normalized spacial score (nSPS) is 10.7. The Morgan fingerprint density at radius 3 is 2.53 bits per heavy atom. The van der Waals surface area contributed by atoms with Gasteiger partial charge in [-0.25, -0.2) is 5.43 Å². The number of hydrogen-bond donors (Lipinski definition) is 2. The van der Waals surface area contributed by atoms with Gasteiger partial charge in [-0.1, -0.05) is 41.4 Å². The molecule has 0 atom stereocenters. The fourth-order valence-corrected chi connectivity index (χ4v) is 3.34. The lowest BCUT2D eigenvalue weighted by Crippen LogP contribution is -2.32. The maximum atomic E-state index is 12.1. The summed E-state index contributed by atoms with van der Waals surface area (Å²) in [6.07, 6.45) is 1.42. The first-order valence-corrected chi connectivity index (χ1v) is 11.1. The Balaban J connectivity index is 1.60. The molecule has 176 valence electrons. The number of anilines is 1. The summed E-state index contributed by atoms with van der Waals surface area (Å²) in [6, 6.07) is 18.2. The number of carbonyl (C=O) groups is 2. The van der Waals surface area contributed by atoms with Crippen molar-refractivity contribution in [1.82, 2.24) is 5.43 Å². The second-order valence-corrected chi connectivity index (χ2v) is 7.97. The van der Waals surface area contributed by atoms with Crippen LogP contribution in [0.3, 0.4) is 0 Å². The highest BCUT2D eigenvalue weighted by molar-refractivity contribution is 6.39. The van der Waals surface area contributed by atoms with E-state index in [2.05, 4.69) is 15.8 Å². The van der Waals surface area contributed by atoms with Gasteiger partial charge in [-0.3, -0.25) is 9.59 Å². The predicted molar refractivity (Wildman–Crippen MR) is 134 cm³/mol. The Labute approximate surface area is 203 Å². The van der Waals surface area contributed by atoms with E-state index in [4.69, 9.17) is 21.1 Å². The second-order valence-electron chi connectivity index (χ2n) is 7.53. The van der Waals surface area contributed by atoms with E-state index in [1.54, 1.807) is 30.3 Å². The fourth-order valence-electron chi connectivity index (χ4n) is 3.13. The van der Waals surface area contributed by atoms with Crippen LogP contribution in [0.5, 0.6) is 11.5 Å². The molecular weight excluding hydrogens is 454 g/mol. The Hall–Kier alpha value is -3.84. The van der Waals surface area contributed by atoms with Crippen molar-refractivity contribution in [3.8, 4) is 11.5 Å². The average molecular weight is 480 g/mol. The van der Waals surface area contributed by atoms with Crippen LogP contribution < -0.4 is 20.2 Å². The number of benzene rings is 3. The number of ether oxygens (including phenoxy) is 2. The lowest BCUT2D eigenvalue weighted by Gasteiger charge is -2.13. The maximum Gasteiger partial charge on any atom is 0.329 e. The van der Waals surface area contributed by atoms with E-state index >= 15 is 0 Å². The van der Waals surface area contributed by atoms with Gasteiger partial charge in [-0.05, 0) is 73.9 Å². The summed E-state index contributed by atoms with van der Waals surface area (Å²) in [5.74, 6) is -0.574. The van der Waals surface area contributed by atoms with Gasteiger partial charge in [-0.15, -0.1) is 0 Å². The minimum atomic E-state index is -0.872. The number of halogens is 1. The minimum absolute atomic E-state index is 0.333. The van der Waals surface area contributed by atoms with Gasteiger partial charge in [0.15, 0.2) is 11.5 Å². The standard InChI is InChI=1S/C26H26ClN3O4/c1-4-33-24-14-19(9-11-23(24)34-16-20-6-5-7-21(27)13-20)15-28-30-26(32)25(31)29-22-10-8-17(2)12-18(22)3/h5-15H,4,16H2,1-3H3,(H,29,31)(H,30,32)/b28-15+. The summed E-state index contributed by atoms with van der Waals surface area (Å²) >= 11 is 6.02. The van der Waals surface area contributed by atoms with Crippen LogP contribution in [0.15, 0.2) is 65.8 Å². The number of carbonyl (C=O) groups excluding carboxylic acids is 2. The van der Waals surface area contributed by atoms with E-state index in [0.717, 1.165) is 16.7 Å². The number of hydrogen-bond acceptors (Lipinski definition) is 5. The first-order chi connectivity index (χ1) is 16.4. The molecule has 2 amide bonds. The summed E-state index contributed by atoms with van der Waals surface area (Å²) in [5.41, 5.74) is 6.33. The number of nitrogens with zero attached hydrogens (tertiary/aromatic N) is 1. The van der Waals surface area contributed by atoms with Crippen molar-refractivity contribution in [2.24, 2.45) is 5.10 Å². The van der Waals surface area contributed by atoms with Gasteiger partial charge >= 0.3 is 11.8 Å². The van der Waals surface area contributed by atoms with Crippen LogP contribution >= 0.6 is 11.6 Å². The third-order valence-corrected chi connectivity index (χ3v) is 5.00. The molecule has 0 fully saturated rings. The molecule has 0 bridgehead atoms. The van der Waals surface area contributed by atoms with E-state index in [1.807, 2.05) is 51.1 Å². The van der Waals surface area contributed by atoms with E-state index in [-0.39, 0.29) is 0 Å². The van der Waals surface area contributed by atoms with Crippen LogP contribution in [0.1, 0.15) is 29.2 Å². The Morgan fingerprint density at radius 2 is 1.79 bits per heavy atom. The molecule has 0 aromatic heterocycles. The van der Waals surface area contributed by atoms with Gasteiger partial charge in [0.2, 0.25) is 0 Å². The molecule has 0 spiro atoms. The molecule has 0 aliphatic carbocycles. The summed E-state index contributed by atoms with van der Waals surface area (Å²) in [5, 5.41) is 7.10. The molecule has 0 aliphatic heterocycles. The smallest absolute Gasteiger partial charge is 0.329 e. The van der Waals surface area contributed by atoms with Crippen molar-refractivity contribution >= 4 is 35.3 Å². The van der Waals surface area contributed by atoms with E-state index in [0.29, 0.717) is 41.0 Å². The molecule has 0 saturated carbocycles. The summed E-state index contributed by atoms with van der Waals surface area (Å²) < 4.78 is 11.6.